The Morgan fingerprint density at radius 3 is 2.62 bits per heavy atom. The lowest BCUT2D eigenvalue weighted by atomic mass is 9.70. The first-order valence-corrected chi connectivity index (χ1v) is 7.26. The molecule has 0 aromatic rings. The summed E-state index contributed by atoms with van der Waals surface area (Å²) in [6.07, 6.45) is 3.89. The highest BCUT2D eigenvalue weighted by atomic mass is 16.2. The molecule has 2 aliphatic rings. The molecular weight excluding hydrogens is 274 g/mol. The van der Waals surface area contributed by atoms with Crippen molar-refractivity contribution in [3.63, 3.8) is 0 Å². The quantitative estimate of drug-likeness (QED) is 0.628. The van der Waals surface area contributed by atoms with Crippen LogP contribution in [0.1, 0.15) is 32.6 Å². The molecule has 1 atom stereocenters. The number of nitrogens with one attached hydrogen (secondary N) is 2. The molecule has 0 aromatic heterocycles. The first-order chi connectivity index (χ1) is 10.0. The van der Waals surface area contributed by atoms with Crippen molar-refractivity contribution in [2.75, 3.05) is 13.1 Å². The van der Waals surface area contributed by atoms with Crippen molar-refractivity contribution in [1.82, 2.24) is 15.5 Å². The normalized spacial score (nSPS) is 31.2. The van der Waals surface area contributed by atoms with E-state index in [1.54, 1.807) is 0 Å². The molecule has 1 heterocycles. The average Bonchev–Trinajstić information content (AvgIpc) is 2.92. The lowest BCUT2D eigenvalue weighted by Crippen LogP contribution is -2.61. The summed E-state index contributed by atoms with van der Waals surface area (Å²) in [5, 5.41) is 5.11. The molecule has 7 nitrogen and oxygen atoms in total. The van der Waals surface area contributed by atoms with Crippen LogP contribution in [0.3, 0.4) is 0 Å². The van der Waals surface area contributed by atoms with Crippen LogP contribution in [-0.2, 0) is 19.2 Å². The molecule has 1 saturated carbocycles. The molecule has 0 spiro atoms. The number of aldehydes is 1. The highest BCUT2D eigenvalue weighted by Crippen LogP contribution is 2.36. The monoisotopic (exact) mass is 295 g/mol. The van der Waals surface area contributed by atoms with Crippen molar-refractivity contribution in [3.8, 4) is 0 Å². The number of carbonyl (C=O) groups is 4. The van der Waals surface area contributed by atoms with E-state index in [2.05, 4.69) is 10.6 Å². The summed E-state index contributed by atoms with van der Waals surface area (Å²) in [4.78, 5) is 47.2. The van der Waals surface area contributed by atoms with Crippen LogP contribution in [-0.4, -0.2) is 54.1 Å². The summed E-state index contributed by atoms with van der Waals surface area (Å²) >= 11 is 0. The Labute approximate surface area is 123 Å². The molecule has 0 aromatic carbocycles. The van der Waals surface area contributed by atoms with E-state index < -0.39 is 11.6 Å². The molecule has 2 N–H and O–H groups in total. The van der Waals surface area contributed by atoms with E-state index in [-0.39, 0.29) is 18.4 Å². The van der Waals surface area contributed by atoms with Crippen LogP contribution in [0.4, 0.5) is 0 Å². The fourth-order valence-corrected chi connectivity index (χ4v) is 3.31. The van der Waals surface area contributed by atoms with Gasteiger partial charge in [0.1, 0.15) is 12.3 Å². The van der Waals surface area contributed by atoms with Crippen LogP contribution in [0.5, 0.6) is 0 Å². The fraction of sp³-hybridized carbons (Fsp3) is 0.714. The zero-order valence-electron chi connectivity index (χ0n) is 12.1. The predicted molar refractivity (Wildman–Crippen MR) is 74.1 cm³/mol. The van der Waals surface area contributed by atoms with E-state index in [1.165, 1.54) is 4.90 Å². The van der Waals surface area contributed by atoms with Gasteiger partial charge in [-0.2, -0.15) is 0 Å². The Morgan fingerprint density at radius 1 is 1.33 bits per heavy atom. The SMILES string of the molecule is CC1CC(C=O)(NC(=O)C2CCCN2C(=O)CNC=O)C1. The van der Waals surface area contributed by atoms with E-state index in [1.807, 2.05) is 6.92 Å². The Kier molecular flexibility index (Phi) is 4.59. The number of hydrogen-bond acceptors (Lipinski definition) is 4. The Morgan fingerprint density at radius 2 is 2.05 bits per heavy atom. The summed E-state index contributed by atoms with van der Waals surface area (Å²) in [5.74, 6) is -0.124. The largest absolute Gasteiger partial charge is 0.350 e. The second-order valence-electron chi connectivity index (χ2n) is 6.02. The number of carbonyl (C=O) groups excluding carboxylic acids is 4. The van der Waals surface area contributed by atoms with Gasteiger partial charge in [0.25, 0.3) is 0 Å². The summed E-state index contributed by atoms with van der Waals surface area (Å²) in [5.41, 5.74) is -0.755. The summed E-state index contributed by atoms with van der Waals surface area (Å²) in [6, 6.07) is -0.543. The first kappa shape index (κ1) is 15.5. The van der Waals surface area contributed by atoms with Gasteiger partial charge in [-0.25, -0.2) is 0 Å². The third-order valence-corrected chi connectivity index (χ3v) is 4.24. The highest BCUT2D eigenvalue weighted by molar-refractivity contribution is 5.91. The summed E-state index contributed by atoms with van der Waals surface area (Å²) < 4.78 is 0. The minimum atomic E-state index is -0.755. The zero-order chi connectivity index (χ0) is 15.5. The molecule has 7 heteroatoms. The third kappa shape index (κ3) is 3.22. The van der Waals surface area contributed by atoms with E-state index in [0.29, 0.717) is 38.1 Å². The van der Waals surface area contributed by atoms with E-state index in [4.69, 9.17) is 0 Å². The second kappa shape index (κ2) is 6.24. The van der Waals surface area contributed by atoms with Gasteiger partial charge in [0.05, 0.1) is 12.1 Å². The average molecular weight is 295 g/mol. The molecule has 116 valence electrons. The van der Waals surface area contributed by atoms with Gasteiger partial charge in [-0.3, -0.25) is 14.4 Å². The van der Waals surface area contributed by atoms with Crippen LogP contribution in [0.25, 0.3) is 0 Å². The highest BCUT2D eigenvalue weighted by Gasteiger charge is 2.45. The number of hydrogen-bond donors (Lipinski definition) is 2. The molecule has 21 heavy (non-hydrogen) atoms. The van der Waals surface area contributed by atoms with Crippen molar-refractivity contribution < 1.29 is 19.2 Å². The number of amides is 3. The molecule has 1 aliphatic heterocycles. The zero-order valence-corrected chi connectivity index (χ0v) is 12.1. The second-order valence-corrected chi connectivity index (χ2v) is 6.02. The smallest absolute Gasteiger partial charge is 0.243 e. The topological polar surface area (TPSA) is 95.6 Å². The van der Waals surface area contributed by atoms with Crippen LogP contribution >= 0.6 is 0 Å². The first-order valence-electron chi connectivity index (χ1n) is 7.26. The number of likely N-dealkylation sites (tertiary alicyclic amines) is 1. The van der Waals surface area contributed by atoms with Crippen molar-refractivity contribution >= 4 is 24.5 Å². The molecule has 2 fully saturated rings. The van der Waals surface area contributed by atoms with Crippen molar-refractivity contribution in [1.29, 1.82) is 0 Å². The molecule has 2 rings (SSSR count). The van der Waals surface area contributed by atoms with Crippen molar-refractivity contribution in [2.45, 2.75) is 44.2 Å². The number of nitrogens with zero attached hydrogens (tertiary/aromatic N) is 1. The predicted octanol–water partition coefficient (Wildman–Crippen LogP) is -0.793. The maximum absolute atomic E-state index is 12.4. The standard InChI is InChI=1S/C14H21N3O4/c1-10-5-14(6-10,8-18)16-13(21)11-3-2-4-17(11)12(20)7-15-9-19/h8-11H,2-7H2,1H3,(H,15,19)(H,16,21). The van der Waals surface area contributed by atoms with Gasteiger partial charge in [0.15, 0.2) is 0 Å². The molecule has 1 saturated heterocycles. The Balaban J connectivity index is 1.96. The Bertz CT molecular complexity index is 446. The summed E-state index contributed by atoms with van der Waals surface area (Å²) in [7, 11) is 0. The van der Waals surface area contributed by atoms with Gasteiger partial charge in [0.2, 0.25) is 18.2 Å². The minimum absolute atomic E-state index is 0.108. The van der Waals surface area contributed by atoms with E-state index in [9.17, 15) is 19.2 Å². The Hall–Kier alpha value is -1.92. The molecular formula is C14H21N3O4. The van der Waals surface area contributed by atoms with Crippen molar-refractivity contribution in [3.05, 3.63) is 0 Å². The molecule has 1 unspecified atom stereocenters. The van der Waals surface area contributed by atoms with Crippen LogP contribution in [0.15, 0.2) is 0 Å². The molecule has 0 radical (unpaired) electrons. The van der Waals surface area contributed by atoms with Crippen LogP contribution in [0, 0.1) is 5.92 Å². The molecule has 3 amide bonds. The minimum Gasteiger partial charge on any atom is -0.350 e. The lowest BCUT2D eigenvalue weighted by molar-refractivity contribution is -0.140. The van der Waals surface area contributed by atoms with E-state index >= 15 is 0 Å². The van der Waals surface area contributed by atoms with Gasteiger partial charge in [-0.1, -0.05) is 6.92 Å². The van der Waals surface area contributed by atoms with Crippen molar-refractivity contribution in [2.24, 2.45) is 5.92 Å². The van der Waals surface area contributed by atoms with Gasteiger partial charge in [0, 0.05) is 6.54 Å². The lowest BCUT2D eigenvalue weighted by Gasteiger charge is -2.43. The molecule has 0 bridgehead atoms. The molecule has 1 aliphatic carbocycles. The third-order valence-electron chi connectivity index (χ3n) is 4.24. The van der Waals surface area contributed by atoms with Gasteiger partial charge in [-0.15, -0.1) is 0 Å². The summed E-state index contributed by atoms with van der Waals surface area (Å²) in [6.45, 7) is 2.43. The maximum Gasteiger partial charge on any atom is 0.243 e. The van der Waals surface area contributed by atoms with Gasteiger partial charge in [-0.05, 0) is 31.6 Å². The fourth-order valence-electron chi connectivity index (χ4n) is 3.31. The maximum atomic E-state index is 12.4. The van der Waals surface area contributed by atoms with Crippen LogP contribution < -0.4 is 10.6 Å². The number of rotatable bonds is 6. The van der Waals surface area contributed by atoms with Gasteiger partial charge >= 0.3 is 0 Å². The van der Waals surface area contributed by atoms with Crippen LogP contribution in [0.2, 0.25) is 0 Å². The van der Waals surface area contributed by atoms with Gasteiger partial charge < -0.3 is 20.3 Å². The van der Waals surface area contributed by atoms with E-state index in [0.717, 1.165) is 12.7 Å².